The van der Waals surface area contributed by atoms with E-state index in [2.05, 4.69) is 103 Å². The molecule has 2 saturated heterocycles. The highest BCUT2D eigenvalue weighted by Crippen LogP contribution is 2.57. The fraction of sp³-hybridized carbons (Fsp3) is 0.490. The summed E-state index contributed by atoms with van der Waals surface area (Å²) in [6, 6.07) is 14.1. The monoisotopic (exact) mass is 884 g/mol. The lowest BCUT2D eigenvalue weighted by atomic mass is 9.65. The van der Waals surface area contributed by atoms with Gasteiger partial charge in [0.25, 0.3) is 5.91 Å². The van der Waals surface area contributed by atoms with E-state index in [1.54, 1.807) is 11.9 Å². The molecule has 4 aliphatic rings. The Balaban J connectivity index is 1.20. The molecule has 1 aliphatic carbocycles. The van der Waals surface area contributed by atoms with Crippen molar-refractivity contribution in [3.05, 3.63) is 90.3 Å². The summed E-state index contributed by atoms with van der Waals surface area (Å²) >= 11 is 0. The topological polar surface area (TPSA) is 149 Å². The number of amides is 4. The molecule has 5 heterocycles. The number of esters is 1. The number of aromatic nitrogens is 2. The van der Waals surface area contributed by atoms with Gasteiger partial charge in [-0.15, -0.1) is 0 Å². The van der Waals surface area contributed by atoms with Crippen molar-refractivity contribution in [3.8, 4) is 22.4 Å². The molecular formula is C51H64N8O6. The Morgan fingerprint density at radius 1 is 1.05 bits per heavy atom. The van der Waals surface area contributed by atoms with E-state index >= 15 is 0 Å². The van der Waals surface area contributed by atoms with Crippen LogP contribution in [0.4, 0.5) is 0 Å². The van der Waals surface area contributed by atoms with Crippen molar-refractivity contribution in [2.75, 3.05) is 47.4 Å². The molecule has 14 heteroatoms. The predicted molar refractivity (Wildman–Crippen MR) is 250 cm³/mol. The minimum Gasteiger partial charge on any atom is -0.464 e. The normalized spacial score (nSPS) is 23.4. The lowest BCUT2D eigenvalue weighted by molar-refractivity contribution is -0.156. The Hall–Kier alpha value is -5.86. The van der Waals surface area contributed by atoms with Gasteiger partial charge in [-0.1, -0.05) is 64.6 Å². The van der Waals surface area contributed by atoms with Gasteiger partial charge in [0.05, 0.1) is 18.2 Å². The highest BCUT2D eigenvalue weighted by atomic mass is 16.5. The Bertz CT molecular complexity index is 2530. The number of ether oxygens (including phenoxy) is 1. The Labute approximate surface area is 382 Å². The first-order valence-corrected chi connectivity index (χ1v) is 23.1. The van der Waals surface area contributed by atoms with E-state index in [1.165, 1.54) is 27.1 Å². The van der Waals surface area contributed by atoms with Crippen molar-refractivity contribution >= 4 is 40.5 Å². The van der Waals surface area contributed by atoms with Gasteiger partial charge < -0.3 is 29.3 Å². The molecule has 2 unspecified atom stereocenters. The summed E-state index contributed by atoms with van der Waals surface area (Å²) in [6.45, 7) is 15.7. The summed E-state index contributed by atoms with van der Waals surface area (Å²) in [5, 5.41) is 5.65. The number of benzene rings is 2. The van der Waals surface area contributed by atoms with Crippen LogP contribution in [-0.4, -0.2) is 124 Å². The summed E-state index contributed by atoms with van der Waals surface area (Å²) in [5.41, 5.74) is 11.2. The maximum absolute atomic E-state index is 14.8. The second-order valence-electron chi connectivity index (χ2n) is 19.6. The zero-order chi connectivity index (χ0) is 46.5. The number of nitrogens with zero attached hydrogens (tertiary/aromatic N) is 6. The first-order valence-electron chi connectivity index (χ1n) is 23.1. The third-order valence-electron chi connectivity index (χ3n) is 14.2. The Morgan fingerprint density at radius 2 is 1.82 bits per heavy atom. The van der Waals surface area contributed by atoms with Crippen molar-refractivity contribution in [1.82, 2.24) is 40.0 Å². The molecule has 0 saturated carbocycles. The average Bonchev–Trinajstić information content (AvgIpc) is 3.92. The van der Waals surface area contributed by atoms with Crippen molar-refractivity contribution in [3.63, 3.8) is 0 Å². The second kappa shape index (κ2) is 18.2. The number of cyclic esters (lactones) is 1. The van der Waals surface area contributed by atoms with E-state index in [0.29, 0.717) is 32.4 Å². The number of rotatable bonds is 8. The van der Waals surface area contributed by atoms with Crippen LogP contribution in [0.25, 0.3) is 33.3 Å². The van der Waals surface area contributed by atoms with E-state index in [1.807, 2.05) is 38.4 Å². The van der Waals surface area contributed by atoms with E-state index in [9.17, 15) is 24.0 Å². The number of carbonyl (C=O) groups is 5. The van der Waals surface area contributed by atoms with Crippen LogP contribution >= 0.6 is 0 Å². The van der Waals surface area contributed by atoms with E-state index in [-0.39, 0.29) is 49.3 Å². The van der Waals surface area contributed by atoms with Crippen LogP contribution in [0.3, 0.4) is 0 Å². The van der Waals surface area contributed by atoms with Crippen molar-refractivity contribution in [2.45, 2.75) is 96.9 Å². The van der Waals surface area contributed by atoms with Crippen LogP contribution in [0.2, 0.25) is 0 Å². The highest BCUT2D eigenvalue weighted by Gasteiger charge is 2.48. The third-order valence-corrected chi connectivity index (χ3v) is 14.2. The van der Waals surface area contributed by atoms with Crippen molar-refractivity contribution in [2.24, 2.45) is 17.3 Å². The van der Waals surface area contributed by atoms with Gasteiger partial charge >= 0.3 is 5.97 Å². The van der Waals surface area contributed by atoms with Gasteiger partial charge in [0.2, 0.25) is 17.7 Å². The van der Waals surface area contributed by atoms with Crippen LogP contribution in [0, 0.1) is 17.3 Å². The molecule has 6 atom stereocenters. The molecule has 14 nitrogen and oxygen atoms in total. The second-order valence-corrected chi connectivity index (χ2v) is 19.6. The number of hydrazine groups is 1. The molecular weight excluding hydrogens is 821 g/mol. The molecule has 2 fully saturated rings. The van der Waals surface area contributed by atoms with Gasteiger partial charge in [-0.05, 0) is 98.3 Å². The van der Waals surface area contributed by atoms with Crippen molar-refractivity contribution < 1.29 is 28.7 Å². The number of fused-ring (bicyclic) bond motifs is 8. The number of aryl methyl sites for hydroxylation is 1. The van der Waals surface area contributed by atoms with Gasteiger partial charge in [-0.3, -0.25) is 34.0 Å². The molecule has 65 heavy (non-hydrogen) atoms. The fourth-order valence-electron chi connectivity index (χ4n) is 11.1. The van der Waals surface area contributed by atoms with Crippen LogP contribution in [0.5, 0.6) is 0 Å². The summed E-state index contributed by atoms with van der Waals surface area (Å²) < 4.78 is 8.69. The molecule has 8 rings (SSSR count). The number of carbonyl (C=O) groups excluding carboxylic acids is 5. The average molecular weight is 885 g/mol. The smallest absolute Gasteiger partial charge is 0.324 e. The zero-order valence-electron chi connectivity index (χ0n) is 39.1. The Morgan fingerprint density at radius 3 is 2.54 bits per heavy atom. The van der Waals surface area contributed by atoms with E-state index in [4.69, 9.17) is 4.74 Å². The standard InChI is InChI=1S/C51H64N8O6/c1-10-41(60)57-23-20-34(28-57)48(62)56(9)44(30(3)4)47(61)53-39-25-31-14-12-15-32(24-31)33-17-18-40-36(26-33)42-43(46(55(7)8)35-19-21-52-27-37(35)45(42)58(40)11-2)51(5,6)29-65-50(64)38-16-13-22-59(54-38)49(39)63/h10,12,14-15,17-19,21,24,26-27,30,34,38-39,43-44,46,54H,1,11,13,16,20,22-23,25,28-29H2,2-9H3,(H,53,61)/t34-,38-,39-,43?,44?,46-/m0/s1. The molecule has 2 aromatic carbocycles. The number of nitrogens with one attached hydrogen (secondary N) is 2. The predicted octanol–water partition coefficient (Wildman–Crippen LogP) is 5.71. The van der Waals surface area contributed by atoms with Gasteiger partial charge in [0, 0.05) is 85.9 Å². The van der Waals surface area contributed by atoms with E-state index < -0.39 is 47.2 Å². The number of hydrogen-bond donors (Lipinski definition) is 2. The third kappa shape index (κ3) is 8.46. The van der Waals surface area contributed by atoms with Gasteiger partial charge in [-0.2, -0.15) is 0 Å². The van der Waals surface area contributed by atoms with Gasteiger partial charge in [0.15, 0.2) is 0 Å². The molecule has 0 radical (unpaired) electrons. The highest BCUT2D eigenvalue weighted by molar-refractivity contribution is 5.97. The molecule has 2 N–H and O–H groups in total. The maximum Gasteiger partial charge on any atom is 0.324 e. The first kappa shape index (κ1) is 45.7. The first-order chi connectivity index (χ1) is 31.0. The minimum atomic E-state index is -1.04. The van der Waals surface area contributed by atoms with Crippen molar-refractivity contribution in [1.29, 1.82) is 0 Å². The molecule has 4 aromatic rings. The van der Waals surface area contributed by atoms with Gasteiger partial charge in [0.1, 0.15) is 18.1 Å². The SMILES string of the molecule is C=CC(=O)N1CC[C@H](C(=O)N(C)C(C(=O)N[C@H]2Cc3cccc(c3)-c3ccc4c(c3)c3c(n4CC)-c4cnccc4[C@H](N(C)C)C3C(C)(C)COC(=O)[C@@H]3CCCN(N3)C2=O)C(C)C)C1. The number of hydrogen-bond acceptors (Lipinski definition) is 9. The molecule has 4 amide bonds. The van der Waals surface area contributed by atoms with Gasteiger partial charge in [-0.25, -0.2) is 5.43 Å². The molecule has 2 aromatic heterocycles. The summed E-state index contributed by atoms with van der Waals surface area (Å²) in [6.07, 6.45) is 6.75. The van der Waals surface area contributed by atoms with E-state index in [0.717, 1.165) is 45.4 Å². The lowest BCUT2D eigenvalue weighted by Crippen LogP contribution is -2.62. The molecule has 6 bridgehead atoms. The largest absolute Gasteiger partial charge is 0.464 e. The molecule has 3 aliphatic heterocycles. The summed E-state index contributed by atoms with van der Waals surface area (Å²) in [5.74, 6) is -2.61. The lowest BCUT2D eigenvalue weighted by Gasteiger charge is -2.46. The number of likely N-dealkylation sites (N-methyl/N-ethyl adjacent to an activating group) is 2. The van der Waals surface area contributed by atoms with Crippen LogP contribution in [0.1, 0.15) is 82.5 Å². The maximum atomic E-state index is 14.8. The zero-order valence-corrected chi connectivity index (χ0v) is 39.1. The number of likely N-dealkylation sites (tertiary alicyclic amines) is 1. The van der Waals surface area contributed by atoms with Crippen LogP contribution in [0.15, 0.2) is 73.6 Å². The summed E-state index contributed by atoms with van der Waals surface area (Å²) in [4.78, 5) is 79.6. The number of pyridine rings is 1. The molecule has 0 spiro atoms. The summed E-state index contributed by atoms with van der Waals surface area (Å²) in [7, 11) is 5.83. The van der Waals surface area contributed by atoms with Crippen LogP contribution < -0.4 is 10.7 Å². The Kier molecular flexibility index (Phi) is 12.8. The quantitative estimate of drug-likeness (QED) is 0.168. The fourth-order valence-corrected chi connectivity index (χ4v) is 11.1. The molecule has 344 valence electrons. The minimum absolute atomic E-state index is 0.0509. The van der Waals surface area contributed by atoms with Crippen LogP contribution in [-0.2, 0) is 41.7 Å².